The van der Waals surface area contributed by atoms with E-state index in [4.69, 9.17) is 5.73 Å². The largest absolute Gasteiger partial charge is 0.350 e. The molecule has 2 aromatic rings. The monoisotopic (exact) mass is 298 g/mol. The fourth-order valence-corrected chi connectivity index (χ4v) is 2.78. The summed E-state index contributed by atoms with van der Waals surface area (Å²) in [6.07, 6.45) is 2.36. The maximum Gasteiger partial charge on any atom is 0.255 e. The van der Waals surface area contributed by atoms with Crippen LogP contribution >= 0.6 is 0 Å². The number of aromatic nitrogens is 2. The second-order valence-corrected chi connectivity index (χ2v) is 6.00. The molecule has 1 unspecified atom stereocenters. The number of nitrogens with one attached hydrogen (secondary N) is 1. The number of amides is 1. The molecule has 1 aromatic carbocycles. The van der Waals surface area contributed by atoms with E-state index >= 15 is 0 Å². The van der Waals surface area contributed by atoms with Gasteiger partial charge in [-0.2, -0.15) is 5.10 Å². The maximum atomic E-state index is 12.5. The molecule has 1 heterocycles. The highest BCUT2D eigenvalue weighted by Gasteiger charge is 2.29. The molecule has 5 heteroatoms. The second kappa shape index (κ2) is 5.93. The van der Waals surface area contributed by atoms with E-state index in [1.165, 1.54) is 12.8 Å². The predicted octanol–water partition coefficient (Wildman–Crippen LogP) is 1.96. The van der Waals surface area contributed by atoms with Crippen LogP contribution in [0.4, 0.5) is 0 Å². The van der Waals surface area contributed by atoms with Gasteiger partial charge < -0.3 is 11.1 Å². The van der Waals surface area contributed by atoms with Gasteiger partial charge in [-0.3, -0.25) is 4.79 Å². The zero-order chi connectivity index (χ0) is 15.7. The van der Waals surface area contributed by atoms with Gasteiger partial charge in [-0.1, -0.05) is 18.2 Å². The Morgan fingerprint density at radius 1 is 1.36 bits per heavy atom. The lowest BCUT2D eigenvalue weighted by atomic mass is 10.1. The summed E-state index contributed by atoms with van der Waals surface area (Å²) in [7, 11) is 0. The topological polar surface area (TPSA) is 72.9 Å². The van der Waals surface area contributed by atoms with E-state index in [0.717, 1.165) is 17.1 Å². The van der Waals surface area contributed by atoms with Crippen LogP contribution in [0.25, 0.3) is 5.69 Å². The van der Waals surface area contributed by atoms with Crippen molar-refractivity contribution in [2.75, 3.05) is 6.54 Å². The molecule has 116 valence electrons. The molecule has 3 rings (SSSR count). The zero-order valence-electron chi connectivity index (χ0n) is 13.0. The number of hydrogen-bond acceptors (Lipinski definition) is 3. The molecule has 1 amide bonds. The zero-order valence-corrected chi connectivity index (χ0v) is 13.0. The van der Waals surface area contributed by atoms with Crippen molar-refractivity contribution in [3.8, 4) is 5.69 Å². The Morgan fingerprint density at radius 2 is 2.05 bits per heavy atom. The Balaban J connectivity index is 1.78. The number of carbonyl (C=O) groups excluding carboxylic acids is 1. The Labute approximate surface area is 130 Å². The average Bonchev–Trinajstić information content (AvgIpc) is 3.32. The molecule has 1 aliphatic carbocycles. The third kappa shape index (κ3) is 2.90. The van der Waals surface area contributed by atoms with Crippen LogP contribution in [-0.2, 0) is 0 Å². The molecular weight excluding hydrogens is 276 g/mol. The summed E-state index contributed by atoms with van der Waals surface area (Å²) < 4.78 is 1.81. The molecule has 1 atom stereocenters. The van der Waals surface area contributed by atoms with E-state index in [1.807, 2.05) is 48.9 Å². The quantitative estimate of drug-likeness (QED) is 0.886. The van der Waals surface area contributed by atoms with Gasteiger partial charge in [0.2, 0.25) is 0 Å². The first-order chi connectivity index (χ1) is 10.6. The van der Waals surface area contributed by atoms with Gasteiger partial charge in [-0.15, -0.1) is 0 Å². The number of rotatable bonds is 5. The molecule has 22 heavy (non-hydrogen) atoms. The predicted molar refractivity (Wildman–Crippen MR) is 86.1 cm³/mol. The van der Waals surface area contributed by atoms with Gasteiger partial charge in [0.15, 0.2) is 0 Å². The van der Waals surface area contributed by atoms with Crippen molar-refractivity contribution in [2.45, 2.75) is 32.7 Å². The minimum absolute atomic E-state index is 0.0636. The lowest BCUT2D eigenvalue weighted by molar-refractivity contribution is 0.0949. The number of carbonyl (C=O) groups is 1. The Hall–Kier alpha value is -2.14. The van der Waals surface area contributed by atoms with Gasteiger partial charge in [0.05, 0.1) is 22.6 Å². The minimum Gasteiger partial charge on any atom is -0.350 e. The summed E-state index contributed by atoms with van der Waals surface area (Å²) in [6.45, 7) is 4.31. The molecule has 1 saturated carbocycles. The van der Waals surface area contributed by atoms with E-state index in [1.54, 1.807) is 0 Å². The maximum absolute atomic E-state index is 12.5. The van der Waals surface area contributed by atoms with Crippen molar-refractivity contribution < 1.29 is 4.79 Å². The highest BCUT2D eigenvalue weighted by atomic mass is 16.1. The normalized spacial score (nSPS) is 15.6. The summed E-state index contributed by atoms with van der Waals surface area (Å²) in [6, 6.07) is 9.89. The van der Waals surface area contributed by atoms with Crippen molar-refractivity contribution in [3.05, 3.63) is 47.3 Å². The number of nitrogens with zero attached hydrogens (tertiary/aromatic N) is 2. The fourth-order valence-electron chi connectivity index (χ4n) is 2.78. The van der Waals surface area contributed by atoms with E-state index in [2.05, 4.69) is 10.4 Å². The number of aryl methyl sites for hydroxylation is 1. The van der Waals surface area contributed by atoms with Crippen LogP contribution in [0.15, 0.2) is 30.3 Å². The summed E-state index contributed by atoms with van der Waals surface area (Å²) in [5.41, 5.74) is 9.23. The van der Waals surface area contributed by atoms with Crippen LogP contribution in [0.1, 0.15) is 34.6 Å². The molecule has 3 N–H and O–H groups in total. The lowest BCUT2D eigenvalue weighted by Crippen LogP contribution is -2.38. The number of nitrogens with two attached hydrogens (primary N) is 1. The molecule has 1 fully saturated rings. The Bertz CT molecular complexity index is 673. The molecule has 1 aromatic heterocycles. The third-order valence-corrected chi connectivity index (χ3v) is 4.24. The first-order valence-corrected chi connectivity index (χ1v) is 7.73. The van der Waals surface area contributed by atoms with Crippen LogP contribution < -0.4 is 11.1 Å². The summed E-state index contributed by atoms with van der Waals surface area (Å²) in [4.78, 5) is 12.5. The smallest absolute Gasteiger partial charge is 0.255 e. The highest BCUT2D eigenvalue weighted by Crippen LogP contribution is 2.31. The SMILES string of the molecule is Cc1nn(-c2ccccc2)c(C)c1C(=O)NCC(N)C1CC1. The van der Waals surface area contributed by atoms with Gasteiger partial charge in [0, 0.05) is 12.6 Å². The van der Waals surface area contributed by atoms with Crippen LogP contribution in [0.5, 0.6) is 0 Å². The summed E-state index contributed by atoms with van der Waals surface area (Å²) in [5.74, 6) is 0.489. The van der Waals surface area contributed by atoms with Crippen LogP contribution in [0.2, 0.25) is 0 Å². The van der Waals surface area contributed by atoms with Crippen LogP contribution in [-0.4, -0.2) is 28.3 Å². The van der Waals surface area contributed by atoms with Gasteiger partial charge in [0.25, 0.3) is 5.91 Å². The molecule has 5 nitrogen and oxygen atoms in total. The molecule has 1 aliphatic rings. The second-order valence-electron chi connectivity index (χ2n) is 6.00. The molecular formula is C17H22N4O. The number of hydrogen-bond donors (Lipinski definition) is 2. The molecule has 0 aliphatic heterocycles. The standard InChI is InChI=1S/C17H22N4O/c1-11-16(17(22)19-10-15(18)13-8-9-13)12(2)21(20-11)14-6-4-3-5-7-14/h3-7,13,15H,8-10,18H2,1-2H3,(H,19,22). The Morgan fingerprint density at radius 3 is 2.68 bits per heavy atom. The average molecular weight is 298 g/mol. The summed E-state index contributed by atoms with van der Waals surface area (Å²) >= 11 is 0. The van der Waals surface area contributed by atoms with Gasteiger partial charge >= 0.3 is 0 Å². The van der Waals surface area contributed by atoms with Gasteiger partial charge in [-0.05, 0) is 44.7 Å². The van der Waals surface area contributed by atoms with Crippen LogP contribution in [0.3, 0.4) is 0 Å². The van der Waals surface area contributed by atoms with Crippen molar-refractivity contribution in [1.29, 1.82) is 0 Å². The van der Waals surface area contributed by atoms with E-state index in [-0.39, 0.29) is 11.9 Å². The van der Waals surface area contributed by atoms with Crippen molar-refractivity contribution in [2.24, 2.45) is 11.7 Å². The van der Waals surface area contributed by atoms with Crippen molar-refractivity contribution >= 4 is 5.91 Å². The van der Waals surface area contributed by atoms with Crippen molar-refractivity contribution in [3.63, 3.8) is 0 Å². The molecule has 0 saturated heterocycles. The highest BCUT2D eigenvalue weighted by molar-refractivity contribution is 5.96. The molecule has 0 radical (unpaired) electrons. The number of benzene rings is 1. The van der Waals surface area contributed by atoms with Crippen LogP contribution in [0, 0.1) is 19.8 Å². The summed E-state index contributed by atoms with van der Waals surface area (Å²) in [5, 5.41) is 7.45. The first-order valence-electron chi connectivity index (χ1n) is 7.73. The van der Waals surface area contributed by atoms with Gasteiger partial charge in [-0.25, -0.2) is 4.68 Å². The number of para-hydroxylation sites is 1. The molecule has 0 spiro atoms. The first kappa shape index (κ1) is 14.8. The van der Waals surface area contributed by atoms with E-state index in [9.17, 15) is 4.79 Å². The third-order valence-electron chi connectivity index (χ3n) is 4.24. The van der Waals surface area contributed by atoms with E-state index < -0.39 is 0 Å². The van der Waals surface area contributed by atoms with E-state index in [0.29, 0.717) is 18.0 Å². The minimum atomic E-state index is -0.0896. The Kier molecular flexibility index (Phi) is 3.98. The lowest BCUT2D eigenvalue weighted by Gasteiger charge is -2.11. The fraction of sp³-hybridized carbons (Fsp3) is 0.412. The molecule has 0 bridgehead atoms. The van der Waals surface area contributed by atoms with Gasteiger partial charge in [0.1, 0.15) is 0 Å². The van der Waals surface area contributed by atoms with Crippen molar-refractivity contribution in [1.82, 2.24) is 15.1 Å².